The van der Waals surface area contributed by atoms with Gasteiger partial charge in [-0.05, 0) is 0 Å². The number of alkyl halides is 3. The van der Waals surface area contributed by atoms with Crippen molar-refractivity contribution in [3.63, 3.8) is 0 Å². The van der Waals surface area contributed by atoms with Crippen LogP contribution in [0.3, 0.4) is 0 Å². The van der Waals surface area contributed by atoms with E-state index in [1.807, 2.05) is 0 Å². The van der Waals surface area contributed by atoms with Crippen LogP contribution >= 0.6 is 0 Å². The molecule has 0 bridgehead atoms. The Kier molecular flexibility index (Phi) is 2.74. The van der Waals surface area contributed by atoms with Crippen molar-refractivity contribution < 1.29 is 26.7 Å². The summed E-state index contributed by atoms with van der Waals surface area (Å²) in [5.41, 5.74) is -0.804. The Morgan fingerprint density at radius 1 is 1.27 bits per heavy atom. The van der Waals surface area contributed by atoms with Crippen molar-refractivity contribution in [1.29, 1.82) is 5.26 Å². The number of rotatable bonds is 1. The standard InChI is InChI=1S/C7HF5N2O/c8-4-3(1-13)2-14-6(5(4)9)15-7(10,11)12/h2H. The number of halogens is 5. The zero-order valence-electron chi connectivity index (χ0n) is 6.77. The van der Waals surface area contributed by atoms with Crippen LogP contribution in [0.4, 0.5) is 22.0 Å². The summed E-state index contributed by atoms with van der Waals surface area (Å²) in [5, 5.41) is 8.21. The van der Waals surface area contributed by atoms with Crippen molar-refractivity contribution in [1.82, 2.24) is 4.98 Å². The third kappa shape index (κ3) is 2.52. The number of aromatic nitrogens is 1. The molecule has 0 unspecified atom stereocenters. The first-order valence-corrected chi connectivity index (χ1v) is 3.35. The minimum Gasteiger partial charge on any atom is -0.385 e. The van der Waals surface area contributed by atoms with E-state index in [-0.39, 0.29) is 0 Å². The molecule has 0 atom stereocenters. The Labute approximate surface area is 79.7 Å². The molecule has 1 aromatic heterocycles. The summed E-state index contributed by atoms with van der Waals surface area (Å²) in [4.78, 5) is 2.82. The molecule has 3 nitrogen and oxygen atoms in total. The van der Waals surface area contributed by atoms with Gasteiger partial charge >= 0.3 is 6.36 Å². The molecular weight excluding hydrogens is 223 g/mol. The molecule has 0 aromatic carbocycles. The average Bonchev–Trinajstić information content (AvgIpc) is 2.11. The van der Waals surface area contributed by atoms with E-state index >= 15 is 0 Å². The highest BCUT2D eigenvalue weighted by atomic mass is 19.4. The molecule has 0 saturated heterocycles. The number of hydrogen-bond acceptors (Lipinski definition) is 3. The van der Waals surface area contributed by atoms with Crippen LogP contribution in [0.15, 0.2) is 6.20 Å². The van der Waals surface area contributed by atoms with Gasteiger partial charge in [-0.15, -0.1) is 13.2 Å². The van der Waals surface area contributed by atoms with E-state index in [1.165, 1.54) is 6.07 Å². The second-order valence-electron chi connectivity index (χ2n) is 2.26. The molecule has 15 heavy (non-hydrogen) atoms. The van der Waals surface area contributed by atoms with E-state index in [1.54, 1.807) is 0 Å². The lowest BCUT2D eigenvalue weighted by atomic mass is 10.3. The van der Waals surface area contributed by atoms with E-state index in [4.69, 9.17) is 5.26 Å². The SMILES string of the molecule is N#Cc1cnc(OC(F)(F)F)c(F)c1F. The van der Waals surface area contributed by atoms with Gasteiger partial charge in [0.2, 0.25) is 5.82 Å². The van der Waals surface area contributed by atoms with Crippen molar-refractivity contribution >= 4 is 0 Å². The first kappa shape index (κ1) is 11.2. The van der Waals surface area contributed by atoms with E-state index in [9.17, 15) is 22.0 Å². The highest BCUT2D eigenvalue weighted by Gasteiger charge is 2.34. The van der Waals surface area contributed by atoms with Gasteiger partial charge < -0.3 is 4.74 Å². The fraction of sp³-hybridized carbons (Fsp3) is 0.143. The molecule has 1 rings (SSSR count). The second kappa shape index (κ2) is 3.68. The number of pyridine rings is 1. The molecule has 0 N–H and O–H groups in total. The van der Waals surface area contributed by atoms with E-state index in [0.717, 1.165) is 0 Å². The van der Waals surface area contributed by atoms with Gasteiger partial charge in [0.25, 0.3) is 5.88 Å². The smallest absolute Gasteiger partial charge is 0.385 e. The highest BCUT2D eigenvalue weighted by molar-refractivity contribution is 5.31. The van der Waals surface area contributed by atoms with Crippen LogP contribution in [0.25, 0.3) is 0 Å². The lowest BCUT2D eigenvalue weighted by molar-refractivity contribution is -0.277. The predicted octanol–water partition coefficient (Wildman–Crippen LogP) is 2.13. The van der Waals surface area contributed by atoms with Gasteiger partial charge in [0.15, 0.2) is 5.82 Å². The normalized spacial score (nSPS) is 10.9. The van der Waals surface area contributed by atoms with E-state index < -0.39 is 29.4 Å². The highest BCUT2D eigenvalue weighted by Crippen LogP contribution is 2.25. The van der Waals surface area contributed by atoms with E-state index in [0.29, 0.717) is 6.20 Å². The first-order chi connectivity index (χ1) is 6.85. The summed E-state index contributed by atoms with van der Waals surface area (Å²) >= 11 is 0. The molecule has 0 spiro atoms. The quantitative estimate of drug-likeness (QED) is 0.686. The lowest BCUT2D eigenvalue weighted by Crippen LogP contribution is -2.19. The van der Waals surface area contributed by atoms with Gasteiger partial charge in [-0.1, -0.05) is 0 Å². The summed E-state index contributed by atoms with van der Waals surface area (Å²) in [5.74, 6) is -5.24. The molecule has 0 aliphatic heterocycles. The fourth-order valence-electron chi connectivity index (χ4n) is 0.707. The molecule has 0 aliphatic carbocycles. The van der Waals surface area contributed by atoms with Crippen LogP contribution in [-0.4, -0.2) is 11.3 Å². The third-order valence-corrected chi connectivity index (χ3v) is 1.26. The molecule has 0 radical (unpaired) electrons. The zero-order valence-corrected chi connectivity index (χ0v) is 6.77. The fourth-order valence-corrected chi connectivity index (χ4v) is 0.707. The maximum Gasteiger partial charge on any atom is 0.574 e. The molecule has 8 heteroatoms. The van der Waals surface area contributed by atoms with Crippen LogP contribution in [0.1, 0.15) is 5.56 Å². The predicted molar refractivity (Wildman–Crippen MR) is 35.6 cm³/mol. The summed E-state index contributed by atoms with van der Waals surface area (Å²) in [6.45, 7) is 0. The monoisotopic (exact) mass is 224 g/mol. The maximum absolute atomic E-state index is 12.8. The summed E-state index contributed by atoms with van der Waals surface area (Å²) in [6, 6.07) is 1.21. The molecular formula is C7HF5N2O. The van der Waals surface area contributed by atoms with Crippen LogP contribution in [-0.2, 0) is 0 Å². The molecule has 0 saturated carbocycles. The number of ether oxygens (including phenoxy) is 1. The van der Waals surface area contributed by atoms with E-state index in [2.05, 4.69) is 9.72 Å². The van der Waals surface area contributed by atoms with Gasteiger partial charge in [0, 0.05) is 0 Å². The Hall–Kier alpha value is -1.91. The van der Waals surface area contributed by atoms with Gasteiger partial charge in [0.05, 0.1) is 6.20 Å². The minimum atomic E-state index is -5.17. The van der Waals surface area contributed by atoms with Crippen molar-refractivity contribution in [2.45, 2.75) is 6.36 Å². The Morgan fingerprint density at radius 3 is 2.33 bits per heavy atom. The van der Waals surface area contributed by atoms with Crippen molar-refractivity contribution in [3.8, 4) is 11.9 Å². The van der Waals surface area contributed by atoms with Gasteiger partial charge in [-0.3, -0.25) is 0 Å². The number of hydrogen-bond donors (Lipinski definition) is 0. The molecule has 0 fully saturated rings. The van der Waals surface area contributed by atoms with Gasteiger partial charge in [-0.25, -0.2) is 9.37 Å². The Morgan fingerprint density at radius 2 is 1.87 bits per heavy atom. The largest absolute Gasteiger partial charge is 0.574 e. The summed E-state index contributed by atoms with van der Waals surface area (Å²) in [6.07, 6.45) is -4.73. The lowest BCUT2D eigenvalue weighted by Gasteiger charge is -2.08. The van der Waals surface area contributed by atoms with Crippen molar-refractivity contribution in [3.05, 3.63) is 23.4 Å². The van der Waals surface area contributed by atoms with Crippen molar-refractivity contribution in [2.75, 3.05) is 0 Å². The topological polar surface area (TPSA) is 45.9 Å². The number of nitrogens with zero attached hydrogens (tertiary/aromatic N) is 2. The van der Waals surface area contributed by atoms with Gasteiger partial charge in [0.1, 0.15) is 11.6 Å². The molecule has 0 amide bonds. The Balaban J connectivity index is 3.14. The third-order valence-electron chi connectivity index (χ3n) is 1.26. The molecule has 1 heterocycles. The summed E-state index contributed by atoms with van der Waals surface area (Å²) < 4.78 is 63.5. The minimum absolute atomic E-state index is 0.444. The molecule has 80 valence electrons. The van der Waals surface area contributed by atoms with Gasteiger partial charge in [-0.2, -0.15) is 9.65 Å². The molecule has 0 aliphatic rings. The van der Waals surface area contributed by atoms with Crippen molar-refractivity contribution in [2.24, 2.45) is 0 Å². The average molecular weight is 224 g/mol. The maximum atomic E-state index is 12.8. The van der Waals surface area contributed by atoms with Crippen LogP contribution in [0.5, 0.6) is 5.88 Å². The van der Waals surface area contributed by atoms with Crippen LogP contribution in [0.2, 0.25) is 0 Å². The Bertz CT molecular complexity index is 423. The van der Waals surface area contributed by atoms with Crippen LogP contribution < -0.4 is 4.74 Å². The zero-order chi connectivity index (χ0) is 11.6. The molecule has 1 aromatic rings. The first-order valence-electron chi connectivity index (χ1n) is 3.35. The second-order valence-corrected chi connectivity index (χ2v) is 2.26. The number of nitriles is 1. The summed E-state index contributed by atoms with van der Waals surface area (Å²) in [7, 11) is 0. The van der Waals surface area contributed by atoms with Crippen LogP contribution in [0, 0.1) is 23.0 Å².